The average Bonchev–Trinajstić information content (AvgIpc) is 1.06. The first-order valence-electron chi connectivity index (χ1n) is 30.5. The SMILES string of the molecule is CC1C(C)N2C(=O)NC(=O)C3(C)C2C2N(C(=O)NC(=O)C23C)C1C.CC1C(C)N2C(=O)NC(=O)C3(C)C2C2N(C(=O)NC(=O)C23C)C1C.Cc1cn(CC(C)Cn2cc(C)c(=O)[nH]c2=O)c(=O)[nH]c1=O.Cc1cn(CC(C)Cn2cc(C)c(=O)[nH]c2=O)c(=O)[nH]c1=O.O.O.[B].[B].[U].[U].[V].[V]. The zero-order valence-corrected chi connectivity index (χ0v) is 69.3. The molecule has 12 unspecified atom stereocenters. The van der Waals surface area contributed by atoms with E-state index in [-0.39, 0.29) is 175 Å². The monoisotopic (exact) mass is 1920 g/mol. The zero-order valence-electron chi connectivity index (χ0n) is 58.2. The third-order valence-electron chi connectivity index (χ3n) is 21.6. The molecular weight excluding hydrogens is 1830 g/mol. The van der Waals surface area contributed by atoms with Crippen LogP contribution in [0.5, 0.6) is 0 Å². The number of urea groups is 4. The molecule has 0 spiro atoms. The molecule has 40 heteroatoms. The number of nitrogens with zero attached hydrogens (tertiary/aromatic N) is 8. The summed E-state index contributed by atoms with van der Waals surface area (Å²) in [5.74, 6) is -1.85. The van der Waals surface area contributed by atoms with Gasteiger partial charge in [-0.2, -0.15) is 0 Å². The Labute approximate surface area is 647 Å². The van der Waals surface area contributed by atoms with Crippen molar-refractivity contribution in [3.63, 3.8) is 0 Å². The number of hydrogen-bond donors (Lipinski definition) is 8. The van der Waals surface area contributed by atoms with Gasteiger partial charge in [0.05, 0.1) is 45.8 Å². The van der Waals surface area contributed by atoms with Crippen molar-refractivity contribution in [2.45, 2.75) is 185 Å². The molecule has 12 rings (SSSR count). The first-order valence-corrected chi connectivity index (χ1v) is 30.5. The van der Waals surface area contributed by atoms with Crippen LogP contribution in [0, 0.1) is 135 Å². The van der Waals surface area contributed by atoms with E-state index < -0.39 is 139 Å². The van der Waals surface area contributed by atoms with Crippen LogP contribution < -0.4 is 66.3 Å². The second-order valence-electron chi connectivity index (χ2n) is 27.0. The topological polar surface area (TPSA) is 480 Å². The smallest absolute Gasteiger partial charge is 0.328 e. The summed E-state index contributed by atoms with van der Waals surface area (Å²) in [5, 5.41) is 9.70. The van der Waals surface area contributed by atoms with Gasteiger partial charge in [-0.1, -0.05) is 27.7 Å². The number of carbonyl (C=O) groups is 8. The van der Waals surface area contributed by atoms with Gasteiger partial charge in [0.1, 0.15) is 0 Å². The van der Waals surface area contributed by atoms with E-state index in [2.05, 4.69) is 41.2 Å². The number of aromatic amines is 4. The maximum absolute atomic E-state index is 12.7. The third-order valence-corrected chi connectivity index (χ3v) is 21.6. The summed E-state index contributed by atoms with van der Waals surface area (Å²) >= 11 is 0. The zero-order chi connectivity index (χ0) is 68.4. The van der Waals surface area contributed by atoms with E-state index in [0.717, 1.165) is 0 Å². The molecule has 0 aromatic carbocycles. The third kappa shape index (κ3) is 14.6. The second-order valence-corrected chi connectivity index (χ2v) is 27.0. The fraction of sp³-hybridized carbons (Fsp3) is 0.600. The van der Waals surface area contributed by atoms with Crippen LogP contribution >= 0.6 is 0 Å². The van der Waals surface area contributed by atoms with Crippen LogP contribution in [0.15, 0.2) is 63.1 Å². The number of fused-ring (bicyclic) bond motifs is 2. The minimum Gasteiger partial charge on any atom is -0.412 e. The molecule has 10 heterocycles. The van der Waals surface area contributed by atoms with Gasteiger partial charge in [0, 0.05) is 214 Å². The summed E-state index contributed by atoms with van der Waals surface area (Å²) in [6, 6.07) is -4.30. The van der Waals surface area contributed by atoms with E-state index in [1.165, 1.54) is 43.1 Å². The Kier molecular flexibility index (Phi) is 30.4. The van der Waals surface area contributed by atoms with Crippen LogP contribution in [0.2, 0.25) is 0 Å². The van der Waals surface area contributed by atoms with Crippen molar-refractivity contribution >= 4 is 64.6 Å². The standard InChI is InChI=1S/2C16H22N4O4.2C14H18N4O4.2B.2H2O.2U.2V/c2*1-6-7(2)19-9-10-16(5,15(9,4)11(21)17-13(19)23)12(22)18-14(24)20(10)8(6)3;2*1-8(4-17-6-9(2)11(19)15-13(17)21)5-18-7-10(3)12(20)16-14(18)22;;;;;;;;/h2*6-10H,1-5H3,(H,17,21,23)(H,18,22,24);2*6-8H,4-5H2,1-3H3,(H,15,19,21)(H,16,20,22);;;2*1H2;;;;. The molecule has 8 aliphatic rings. The largest absolute Gasteiger partial charge is 0.412 e. The summed E-state index contributed by atoms with van der Waals surface area (Å²) in [6.07, 6.45) is 5.99. The summed E-state index contributed by atoms with van der Waals surface area (Å²) in [7, 11) is 0. The van der Waals surface area contributed by atoms with Crippen molar-refractivity contribution in [1.82, 2.24) is 79.1 Å². The van der Waals surface area contributed by atoms with Crippen molar-refractivity contribution in [2.75, 3.05) is 0 Å². The normalized spacial score (nSPS) is 28.8. The predicted octanol–water partition coefficient (Wildman–Crippen LogP) is -3.18. The number of imide groups is 4. The number of nitrogens with one attached hydrogen (secondary N) is 8. The van der Waals surface area contributed by atoms with E-state index in [4.69, 9.17) is 0 Å². The molecule has 6 aliphatic heterocycles. The van der Waals surface area contributed by atoms with Crippen LogP contribution in [0.1, 0.15) is 105 Å². The molecule has 0 bridgehead atoms. The molecule has 4 aromatic heterocycles. The molecule has 12 N–H and O–H groups in total. The number of aryl methyl sites for hydroxylation is 4. The molecule has 4 aromatic rings. The Balaban J connectivity index is 0.000000650. The van der Waals surface area contributed by atoms with E-state index in [1.54, 1.807) is 75.0 Å². The Hall–Kier alpha value is -6.20. The Morgan fingerprint density at radius 1 is 0.350 bits per heavy atom. The van der Waals surface area contributed by atoms with Crippen LogP contribution in [0.3, 0.4) is 0 Å². The number of H-pyrrole nitrogens is 4. The van der Waals surface area contributed by atoms with Crippen molar-refractivity contribution < 1.29 is 149 Å². The summed E-state index contributed by atoms with van der Waals surface area (Å²) in [5.41, 5.74) is -5.98. The molecule has 8 radical (unpaired) electrons. The summed E-state index contributed by atoms with van der Waals surface area (Å²) in [4.78, 5) is 209. The van der Waals surface area contributed by atoms with Crippen LogP contribution in [0.25, 0.3) is 0 Å². The molecule has 536 valence electrons. The van der Waals surface area contributed by atoms with Crippen LogP contribution in [0.4, 0.5) is 19.2 Å². The molecule has 12 amide bonds. The molecule has 34 nitrogen and oxygen atoms in total. The number of rotatable bonds is 8. The minimum absolute atomic E-state index is 0. The summed E-state index contributed by atoms with van der Waals surface area (Å²) < 4.78 is 5.63. The van der Waals surface area contributed by atoms with Gasteiger partial charge in [0.2, 0.25) is 23.6 Å². The average molecular weight is 1920 g/mol. The number of hydrogen-bond acceptors (Lipinski definition) is 16. The van der Waals surface area contributed by atoms with Gasteiger partial charge in [0.25, 0.3) is 22.2 Å². The van der Waals surface area contributed by atoms with Crippen LogP contribution in [-0.2, 0) is 82.5 Å². The van der Waals surface area contributed by atoms with Crippen molar-refractivity contribution in [1.29, 1.82) is 0 Å². The fourth-order valence-corrected chi connectivity index (χ4v) is 15.2. The van der Waals surface area contributed by atoms with Crippen molar-refractivity contribution in [3.8, 4) is 0 Å². The van der Waals surface area contributed by atoms with E-state index >= 15 is 0 Å². The van der Waals surface area contributed by atoms with Crippen molar-refractivity contribution in [3.05, 3.63) is 130 Å². The molecular formula is C60H84B2N16O18U2V2. The van der Waals surface area contributed by atoms with Gasteiger partial charge in [-0.3, -0.25) is 97.8 Å². The quantitative estimate of drug-likeness (QED) is 0.0807. The van der Waals surface area contributed by atoms with Gasteiger partial charge < -0.3 is 30.6 Å². The molecule has 2 saturated carbocycles. The molecule has 8 fully saturated rings. The van der Waals surface area contributed by atoms with E-state index in [0.29, 0.717) is 48.4 Å². The van der Waals surface area contributed by atoms with E-state index in [1.807, 2.05) is 55.4 Å². The predicted molar refractivity (Wildman–Crippen MR) is 347 cm³/mol. The number of amides is 12. The Morgan fingerprint density at radius 3 is 0.670 bits per heavy atom. The van der Waals surface area contributed by atoms with Gasteiger partial charge in [-0.05, 0) is 107 Å². The minimum atomic E-state index is -1.06. The molecule has 100 heavy (non-hydrogen) atoms. The molecule has 12 atom stereocenters. The Bertz CT molecular complexity index is 3830. The van der Waals surface area contributed by atoms with E-state index in [9.17, 15) is 76.7 Å². The maximum Gasteiger partial charge on any atom is 0.328 e. The molecule has 2 aliphatic carbocycles. The first kappa shape index (κ1) is 91.8. The van der Waals surface area contributed by atoms with Gasteiger partial charge in [0.15, 0.2) is 0 Å². The van der Waals surface area contributed by atoms with Gasteiger partial charge in [-0.15, -0.1) is 0 Å². The maximum atomic E-state index is 12.7. The second kappa shape index (κ2) is 33.1. The van der Waals surface area contributed by atoms with Crippen LogP contribution in [-0.4, -0.2) is 182 Å². The van der Waals surface area contributed by atoms with Gasteiger partial charge in [-0.25, -0.2) is 38.4 Å². The van der Waals surface area contributed by atoms with Gasteiger partial charge >= 0.3 is 46.9 Å². The number of aromatic nitrogens is 8. The van der Waals surface area contributed by atoms with Crippen molar-refractivity contribution in [2.24, 2.45) is 45.3 Å². The molecule has 6 saturated heterocycles. The number of carbonyl (C=O) groups excluding carboxylic acids is 8. The first-order chi connectivity index (χ1) is 42.7. The fourth-order valence-electron chi connectivity index (χ4n) is 15.2. The summed E-state index contributed by atoms with van der Waals surface area (Å²) in [6.45, 7) is 30.2. The Morgan fingerprint density at radius 2 is 0.510 bits per heavy atom.